The van der Waals surface area contributed by atoms with Gasteiger partial charge in [-0.3, -0.25) is 4.79 Å². The third-order valence-corrected chi connectivity index (χ3v) is 4.84. The highest BCUT2D eigenvalue weighted by atomic mass is 35.5. The van der Waals surface area contributed by atoms with Gasteiger partial charge in [0.15, 0.2) is 0 Å². The van der Waals surface area contributed by atoms with Crippen molar-refractivity contribution in [3.8, 4) is 0 Å². The van der Waals surface area contributed by atoms with Crippen LogP contribution in [0.3, 0.4) is 0 Å². The van der Waals surface area contributed by atoms with E-state index in [4.69, 9.17) is 34.8 Å². The molecule has 0 radical (unpaired) electrons. The number of piperidine rings is 1. The zero-order chi connectivity index (χ0) is 12.9. The van der Waals surface area contributed by atoms with Crippen molar-refractivity contribution in [2.45, 2.75) is 37.8 Å². The van der Waals surface area contributed by atoms with Crippen molar-refractivity contribution < 1.29 is 4.79 Å². The maximum absolute atomic E-state index is 11.6. The van der Waals surface area contributed by atoms with Crippen LogP contribution in [0.5, 0.6) is 0 Å². The predicted molar refractivity (Wildman–Crippen MR) is 75.0 cm³/mol. The third-order valence-electron chi connectivity index (χ3n) is 3.81. The van der Waals surface area contributed by atoms with E-state index in [2.05, 4.69) is 4.90 Å². The molecule has 2 aliphatic rings. The van der Waals surface area contributed by atoms with E-state index in [1.54, 1.807) is 6.07 Å². The van der Waals surface area contributed by atoms with Crippen LogP contribution in [0.4, 0.5) is 5.69 Å². The first-order valence-corrected chi connectivity index (χ1v) is 7.14. The van der Waals surface area contributed by atoms with E-state index < -0.39 is 0 Å². The summed E-state index contributed by atoms with van der Waals surface area (Å²) in [6.07, 6.45) is 3.33. The van der Waals surface area contributed by atoms with Gasteiger partial charge < -0.3 is 4.90 Å². The number of hydrogen-bond donors (Lipinski definition) is 0. The number of nitrogens with zero attached hydrogens (tertiary/aromatic N) is 1. The Hall–Kier alpha value is -0.440. The molecule has 0 saturated carbocycles. The van der Waals surface area contributed by atoms with Crippen LogP contribution in [0.15, 0.2) is 12.1 Å². The first kappa shape index (κ1) is 12.6. The van der Waals surface area contributed by atoms with Crippen molar-refractivity contribution in [2.24, 2.45) is 0 Å². The standard InChI is InChI=1S/C13H12Cl3NO/c14-10-5-12(16)13(6-11(10)15)17-7-1-2-8(17)4-9(18)3-7/h5-8H,1-4H2. The van der Waals surface area contributed by atoms with Crippen molar-refractivity contribution in [1.82, 2.24) is 0 Å². The molecule has 1 aromatic rings. The maximum atomic E-state index is 11.6. The average Bonchev–Trinajstić information content (AvgIpc) is 2.56. The van der Waals surface area contributed by atoms with Crippen LogP contribution in [0.25, 0.3) is 0 Å². The van der Waals surface area contributed by atoms with E-state index in [0.717, 1.165) is 18.5 Å². The van der Waals surface area contributed by atoms with Gasteiger partial charge in [-0.15, -0.1) is 0 Å². The molecule has 96 valence electrons. The minimum atomic E-state index is 0.269. The number of Topliss-reactive ketones (excluding diaryl/α,β-unsaturated/α-hetero) is 1. The maximum Gasteiger partial charge on any atom is 0.137 e. The number of fused-ring (bicyclic) bond motifs is 2. The first-order valence-electron chi connectivity index (χ1n) is 6.01. The minimum absolute atomic E-state index is 0.269. The molecular formula is C13H12Cl3NO. The molecule has 2 atom stereocenters. The monoisotopic (exact) mass is 303 g/mol. The lowest BCUT2D eigenvalue weighted by molar-refractivity contribution is -0.120. The van der Waals surface area contributed by atoms with E-state index in [1.807, 2.05) is 6.07 Å². The van der Waals surface area contributed by atoms with Gasteiger partial charge >= 0.3 is 0 Å². The van der Waals surface area contributed by atoms with Crippen molar-refractivity contribution in [1.29, 1.82) is 0 Å². The summed E-state index contributed by atoms with van der Waals surface area (Å²) >= 11 is 18.3. The topological polar surface area (TPSA) is 20.3 Å². The van der Waals surface area contributed by atoms with Crippen molar-refractivity contribution >= 4 is 46.3 Å². The second kappa shape index (κ2) is 4.59. The van der Waals surface area contributed by atoms with Gasteiger partial charge in [0.1, 0.15) is 5.78 Å². The summed E-state index contributed by atoms with van der Waals surface area (Å²) in [6.45, 7) is 0. The summed E-state index contributed by atoms with van der Waals surface area (Å²) in [6, 6.07) is 4.03. The van der Waals surface area contributed by atoms with Crippen molar-refractivity contribution in [3.05, 3.63) is 27.2 Å². The second-order valence-electron chi connectivity index (χ2n) is 4.96. The average molecular weight is 305 g/mol. The van der Waals surface area contributed by atoms with Gasteiger partial charge in [-0.1, -0.05) is 34.8 Å². The Bertz CT molecular complexity index is 501. The van der Waals surface area contributed by atoms with Crippen LogP contribution in [0.2, 0.25) is 15.1 Å². The molecule has 0 amide bonds. The summed E-state index contributed by atoms with van der Waals surface area (Å²) in [5.74, 6) is 0.356. The fourth-order valence-corrected chi connectivity index (χ4v) is 3.71. The molecule has 2 bridgehead atoms. The molecular weight excluding hydrogens is 293 g/mol. The van der Waals surface area contributed by atoms with Gasteiger partial charge in [-0.05, 0) is 25.0 Å². The Balaban J connectivity index is 2.01. The summed E-state index contributed by atoms with van der Waals surface area (Å²) in [4.78, 5) is 13.9. The molecule has 0 spiro atoms. The quantitative estimate of drug-likeness (QED) is 0.719. The number of rotatable bonds is 1. The van der Waals surface area contributed by atoms with E-state index in [1.165, 1.54) is 0 Å². The smallest absolute Gasteiger partial charge is 0.137 e. The van der Waals surface area contributed by atoms with E-state index >= 15 is 0 Å². The molecule has 2 aliphatic heterocycles. The molecule has 0 aliphatic carbocycles. The molecule has 5 heteroatoms. The first-order chi connectivity index (χ1) is 8.56. The Labute approximate surface area is 121 Å². The molecule has 1 aromatic carbocycles. The number of anilines is 1. The van der Waals surface area contributed by atoms with Crippen LogP contribution < -0.4 is 4.90 Å². The fraction of sp³-hybridized carbons (Fsp3) is 0.462. The highest BCUT2D eigenvalue weighted by molar-refractivity contribution is 6.44. The Morgan fingerprint density at radius 3 is 2.11 bits per heavy atom. The van der Waals surface area contributed by atoms with Crippen LogP contribution in [-0.4, -0.2) is 17.9 Å². The van der Waals surface area contributed by atoms with Gasteiger partial charge in [0.05, 0.1) is 20.8 Å². The molecule has 0 N–H and O–H groups in total. The van der Waals surface area contributed by atoms with E-state index in [9.17, 15) is 4.79 Å². The van der Waals surface area contributed by atoms with Gasteiger partial charge in [0.25, 0.3) is 0 Å². The van der Waals surface area contributed by atoms with Crippen molar-refractivity contribution in [3.63, 3.8) is 0 Å². The number of ketones is 1. The lowest BCUT2D eigenvalue weighted by atomic mass is 10.0. The van der Waals surface area contributed by atoms with Gasteiger partial charge in [0.2, 0.25) is 0 Å². The highest BCUT2D eigenvalue weighted by Crippen LogP contribution is 2.43. The minimum Gasteiger partial charge on any atom is -0.363 e. The third kappa shape index (κ3) is 2.01. The van der Waals surface area contributed by atoms with Crippen LogP contribution >= 0.6 is 34.8 Å². The summed E-state index contributed by atoms with van der Waals surface area (Å²) in [7, 11) is 0. The van der Waals surface area contributed by atoms with E-state index in [0.29, 0.717) is 33.7 Å². The SMILES string of the molecule is O=C1CC2CCC(C1)N2c1cc(Cl)c(Cl)cc1Cl. The summed E-state index contributed by atoms with van der Waals surface area (Å²) in [5, 5.41) is 1.58. The zero-order valence-electron chi connectivity index (χ0n) is 9.63. The molecule has 3 rings (SSSR count). The van der Waals surface area contributed by atoms with Crippen molar-refractivity contribution in [2.75, 3.05) is 4.90 Å². The molecule has 2 nitrogen and oxygen atoms in total. The zero-order valence-corrected chi connectivity index (χ0v) is 11.9. The predicted octanol–water partition coefficient (Wildman–Crippen LogP) is 4.35. The summed E-state index contributed by atoms with van der Waals surface area (Å²) < 4.78 is 0. The van der Waals surface area contributed by atoms with Gasteiger partial charge in [-0.25, -0.2) is 0 Å². The molecule has 0 aromatic heterocycles. The number of benzene rings is 1. The summed E-state index contributed by atoms with van der Waals surface area (Å²) in [5.41, 5.74) is 0.908. The molecule has 18 heavy (non-hydrogen) atoms. The fourth-order valence-electron chi connectivity index (χ4n) is 3.07. The largest absolute Gasteiger partial charge is 0.363 e. The lowest BCUT2D eigenvalue weighted by Crippen LogP contribution is -2.43. The van der Waals surface area contributed by atoms with Crippen LogP contribution in [0, 0.1) is 0 Å². The molecule has 2 heterocycles. The molecule has 2 saturated heterocycles. The van der Waals surface area contributed by atoms with Crippen LogP contribution in [0.1, 0.15) is 25.7 Å². The number of carbonyl (C=O) groups excluding carboxylic acids is 1. The van der Waals surface area contributed by atoms with Gasteiger partial charge in [0, 0.05) is 24.9 Å². The van der Waals surface area contributed by atoms with Crippen LogP contribution in [-0.2, 0) is 4.79 Å². The van der Waals surface area contributed by atoms with E-state index in [-0.39, 0.29) is 12.1 Å². The normalized spacial score (nSPS) is 26.8. The molecule has 2 unspecified atom stereocenters. The number of hydrogen-bond acceptors (Lipinski definition) is 2. The Kier molecular flexibility index (Phi) is 3.21. The highest BCUT2D eigenvalue weighted by Gasteiger charge is 2.40. The second-order valence-corrected chi connectivity index (χ2v) is 6.18. The number of carbonyl (C=O) groups is 1. The Morgan fingerprint density at radius 2 is 1.50 bits per heavy atom. The number of halogens is 3. The Morgan fingerprint density at radius 1 is 0.944 bits per heavy atom. The van der Waals surface area contributed by atoms with Gasteiger partial charge in [-0.2, -0.15) is 0 Å². The molecule has 2 fully saturated rings. The lowest BCUT2D eigenvalue weighted by Gasteiger charge is -2.36.